The van der Waals surface area contributed by atoms with Crippen LogP contribution in [0.15, 0.2) is 54.6 Å². The standard InChI is InChI=1S/C23H24N4O3/c24-14-4-5-17-30-21-11-6-8-19(18-21)26-22(28)12-13-23(29)27(16-7-15-25)20-9-2-1-3-10-20/h1-3,6,8-11,18H,4-5,7,12-13,16-17H2,(H,26,28). The Hall–Kier alpha value is -3.84. The first-order valence-electron chi connectivity index (χ1n) is 9.76. The molecular weight excluding hydrogens is 380 g/mol. The Balaban J connectivity index is 1.88. The van der Waals surface area contributed by atoms with E-state index in [1.165, 1.54) is 4.90 Å². The molecule has 0 aromatic heterocycles. The number of hydrogen-bond donors (Lipinski definition) is 1. The number of unbranched alkanes of at least 4 members (excludes halogenated alkanes) is 1. The van der Waals surface area contributed by atoms with Crippen LogP contribution in [0.5, 0.6) is 5.75 Å². The highest BCUT2D eigenvalue weighted by Crippen LogP contribution is 2.19. The largest absolute Gasteiger partial charge is 0.493 e. The Morgan fingerprint density at radius 2 is 1.73 bits per heavy atom. The third-order valence-electron chi connectivity index (χ3n) is 4.20. The van der Waals surface area contributed by atoms with Gasteiger partial charge in [0.1, 0.15) is 5.75 Å². The van der Waals surface area contributed by atoms with Gasteiger partial charge >= 0.3 is 0 Å². The van der Waals surface area contributed by atoms with E-state index >= 15 is 0 Å². The highest BCUT2D eigenvalue weighted by molar-refractivity contribution is 5.98. The number of nitriles is 2. The molecule has 0 fully saturated rings. The van der Waals surface area contributed by atoms with E-state index in [2.05, 4.69) is 11.4 Å². The molecule has 2 aromatic rings. The molecule has 0 aliphatic carbocycles. The number of ether oxygens (including phenoxy) is 1. The van der Waals surface area contributed by atoms with Crippen molar-refractivity contribution in [2.24, 2.45) is 0 Å². The van der Waals surface area contributed by atoms with Crippen LogP contribution in [0.4, 0.5) is 11.4 Å². The normalized spacial score (nSPS) is 9.80. The van der Waals surface area contributed by atoms with Crippen LogP contribution in [0.3, 0.4) is 0 Å². The van der Waals surface area contributed by atoms with E-state index in [4.69, 9.17) is 15.3 Å². The van der Waals surface area contributed by atoms with Gasteiger partial charge in [-0.2, -0.15) is 10.5 Å². The predicted octanol–water partition coefficient (Wildman–Crippen LogP) is 4.03. The van der Waals surface area contributed by atoms with Gasteiger partial charge in [0, 0.05) is 43.2 Å². The van der Waals surface area contributed by atoms with Crippen molar-refractivity contribution in [1.82, 2.24) is 0 Å². The van der Waals surface area contributed by atoms with Crippen LogP contribution >= 0.6 is 0 Å². The summed E-state index contributed by atoms with van der Waals surface area (Å²) in [6.07, 6.45) is 1.35. The third-order valence-corrected chi connectivity index (χ3v) is 4.20. The van der Waals surface area contributed by atoms with Gasteiger partial charge < -0.3 is 15.0 Å². The summed E-state index contributed by atoms with van der Waals surface area (Å²) in [5.74, 6) is 0.119. The lowest BCUT2D eigenvalue weighted by Crippen LogP contribution is -2.32. The molecule has 0 heterocycles. The summed E-state index contributed by atoms with van der Waals surface area (Å²) in [4.78, 5) is 26.4. The summed E-state index contributed by atoms with van der Waals surface area (Å²) in [5, 5.41) is 20.2. The molecule has 2 rings (SSSR count). The average molecular weight is 404 g/mol. The summed E-state index contributed by atoms with van der Waals surface area (Å²) >= 11 is 0. The second-order valence-corrected chi connectivity index (χ2v) is 6.48. The lowest BCUT2D eigenvalue weighted by atomic mass is 10.2. The number of nitrogens with one attached hydrogen (secondary N) is 1. The Kier molecular flexibility index (Phi) is 9.42. The second kappa shape index (κ2) is 12.6. The first-order chi connectivity index (χ1) is 14.6. The van der Waals surface area contributed by atoms with Gasteiger partial charge in [0.25, 0.3) is 0 Å². The quantitative estimate of drug-likeness (QED) is 0.569. The summed E-state index contributed by atoms with van der Waals surface area (Å²) in [6, 6.07) is 20.2. The lowest BCUT2D eigenvalue weighted by Gasteiger charge is -2.21. The number of amides is 2. The number of para-hydroxylation sites is 1. The number of carbonyl (C=O) groups is 2. The number of benzene rings is 2. The maximum Gasteiger partial charge on any atom is 0.227 e. The fourth-order valence-corrected chi connectivity index (χ4v) is 2.75. The SMILES string of the molecule is N#CCCCOc1cccc(NC(=O)CCC(=O)N(CCC#N)c2ccccc2)c1. The monoisotopic (exact) mass is 404 g/mol. The Labute approximate surface area is 176 Å². The third kappa shape index (κ3) is 7.65. The first-order valence-corrected chi connectivity index (χ1v) is 9.76. The van der Waals surface area contributed by atoms with Crippen molar-refractivity contribution in [2.45, 2.75) is 32.1 Å². The molecule has 0 saturated heterocycles. The number of carbonyl (C=O) groups excluding carboxylic acids is 2. The zero-order chi connectivity index (χ0) is 21.6. The van der Waals surface area contributed by atoms with Crippen molar-refractivity contribution in [2.75, 3.05) is 23.4 Å². The molecule has 0 saturated carbocycles. The fraction of sp³-hybridized carbons (Fsp3) is 0.304. The molecule has 0 bridgehead atoms. The average Bonchev–Trinajstić information content (AvgIpc) is 2.76. The maximum atomic E-state index is 12.6. The number of hydrogen-bond acceptors (Lipinski definition) is 5. The molecular formula is C23H24N4O3. The van der Waals surface area contributed by atoms with Gasteiger partial charge in [-0.05, 0) is 30.7 Å². The topological polar surface area (TPSA) is 106 Å². The Morgan fingerprint density at radius 1 is 0.967 bits per heavy atom. The molecule has 0 aliphatic heterocycles. The Bertz CT molecular complexity index is 916. The zero-order valence-corrected chi connectivity index (χ0v) is 16.7. The molecule has 2 aromatic carbocycles. The van der Waals surface area contributed by atoms with Crippen LogP contribution in [-0.2, 0) is 9.59 Å². The summed E-state index contributed by atoms with van der Waals surface area (Å²) in [5.41, 5.74) is 1.29. The van der Waals surface area contributed by atoms with E-state index in [0.717, 1.165) is 0 Å². The lowest BCUT2D eigenvalue weighted by molar-refractivity contribution is -0.122. The molecule has 7 heteroatoms. The molecule has 2 amide bonds. The van der Waals surface area contributed by atoms with Crippen molar-refractivity contribution in [3.8, 4) is 17.9 Å². The van der Waals surface area contributed by atoms with E-state index in [1.54, 1.807) is 36.4 Å². The van der Waals surface area contributed by atoms with E-state index in [0.29, 0.717) is 36.6 Å². The van der Waals surface area contributed by atoms with Gasteiger partial charge in [0.05, 0.1) is 25.2 Å². The summed E-state index contributed by atoms with van der Waals surface area (Å²) < 4.78 is 5.56. The van der Waals surface area contributed by atoms with Crippen LogP contribution in [-0.4, -0.2) is 25.0 Å². The van der Waals surface area contributed by atoms with Crippen LogP contribution in [0.1, 0.15) is 32.1 Å². The molecule has 0 aliphatic rings. The minimum absolute atomic E-state index is 0.0297. The van der Waals surface area contributed by atoms with E-state index < -0.39 is 0 Å². The first kappa shape index (κ1) is 22.4. The number of nitrogens with zero attached hydrogens (tertiary/aromatic N) is 3. The van der Waals surface area contributed by atoms with Crippen molar-refractivity contribution >= 4 is 23.2 Å². The highest BCUT2D eigenvalue weighted by Gasteiger charge is 2.16. The molecule has 0 atom stereocenters. The molecule has 30 heavy (non-hydrogen) atoms. The Morgan fingerprint density at radius 3 is 2.47 bits per heavy atom. The van der Waals surface area contributed by atoms with E-state index in [1.807, 2.05) is 24.3 Å². The van der Waals surface area contributed by atoms with Crippen LogP contribution in [0.2, 0.25) is 0 Å². The molecule has 154 valence electrons. The minimum atomic E-state index is -0.279. The van der Waals surface area contributed by atoms with Crippen molar-refractivity contribution in [1.29, 1.82) is 10.5 Å². The fourth-order valence-electron chi connectivity index (χ4n) is 2.75. The minimum Gasteiger partial charge on any atom is -0.493 e. The second-order valence-electron chi connectivity index (χ2n) is 6.48. The van der Waals surface area contributed by atoms with Gasteiger partial charge in [-0.25, -0.2) is 0 Å². The molecule has 0 spiro atoms. The van der Waals surface area contributed by atoms with Gasteiger partial charge in [-0.3, -0.25) is 9.59 Å². The zero-order valence-electron chi connectivity index (χ0n) is 16.7. The van der Waals surface area contributed by atoms with Crippen LogP contribution in [0.25, 0.3) is 0 Å². The summed E-state index contributed by atoms with van der Waals surface area (Å²) in [7, 11) is 0. The highest BCUT2D eigenvalue weighted by atomic mass is 16.5. The van der Waals surface area contributed by atoms with Crippen molar-refractivity contribution in [3.05, 3.63) is 54.6 Å². The summed E-state index contributed by atoms with van der Waals surface area (Å²) in [6.45, 7) is 0.712. The van der Waals surface area contributed by atoms with Gasteiger partial charge in [-0.1, -0.05) is 24.3 Å². The maximum absolute atomic E-state index is 12.6. The number of anilines is 2. The van der Waals surface area contributed by atoms with Gasteiger partial charge in [0.2, 0.25) is 11.8 Å². The number of rotatable bonds is 11. The van der Waals surface area contributed by atoms with Gasteiger partial charge in [0.15, 0.2) is 0 Å². The molecule has 7 nitrogen and oxygen atoms in total. The predicted molar refractivity (Wildman–Crippen MR) is 114 cm³/mol. The smallest absolute Gasteiger partial charge is 0.227 e. The van der Waals surface area contributed by atoms with E-state index in [9.17, 15) is 9.59 Å². The van der Waals surface area contributed by atoms with Crippen molar-refractivity contribution in [3.63, 3.8) is 0 Å². The van der Waals surface area contributed by atoms with E-state index in [-0.39, 0.29) is 37.6 Å². The van der Waals surface area contributed by atoms with Crippen LogP contribution < -0.4 is 15.0 Å². The van der Waals surface area contributed by atoms with Crippen LogP contribution in [0, 0.1) is 22.7 Å². The molecule has 1 N–H and O–H groups in total. The molecule has 0 radical (unpaired) electrons. The van der Waals surface area contributed by atoms with Crippen molar-refractivity contribution < 1.29 is 14.3 Å². The molecule has 0 unspecified atom stereocenters. The van der Waals surface area contributed by atoms with Gasteiger partial charge in [-0.15, -0.1) is 0 Å².